The van der Waals surface area contributed by atoms with Gasteiger partial charge in [0.25, 0.3) is 5.91 Å². The quantitative estimate of drug-likeness (QED) is 0.194. The van der Waals surface area contributed by atoms with Crippen LogP contribution in [0, 0.1) is 6.92 Å². The first-order chi connectivity index (χ1) is 16.7. The molecular weight excluding hydrogens is 478 g/mol. The maximum absolute atomic E-state index is 13.2. The predicted octanol–water partition coefficient (Wildman–Crippen LogP) is 7.45. The molecule has 0 aromatic heterocycles. The highest BCUT2D eigenvalue weighted by Crippen LogP contribution is 2.41. The summed E-state index contributed by atoms with van der Waals surface area (Å²) < 4.78 is 11.5. The molecule has 7 heteroatoms. The Morgan fingerprint density at radius 3 is 2.17 bits per heavy atom. The molecule has 6 nitrogen and oxygen atoms in total. The van der Waals surface area contributed by atoms with Gasteiger partial charge in [-0.25, -0.2) is 0 Å². The number of phenols is 1. The Morgan fingerprint density at radius 2 is 1.64 bits per heavy atom. The van der Waals surface area contributed by atoms with E-state index < -0.39 is 18.0 Å². The average molecular weight is 518 g/mol. The smallest absolute Gasteiger partial charge is 0.308 e. The van der Waals surface area contributed by atoms with Gasteiger partial charge < -0.3 is 19.9 Å². The van der Waals surface area contributed by atoms with Crippen molar-refractivity contribution in [2.24, 2.45) is 0 Å². The Kier molecular flexibility index (Phi) is 9.46. The number of carbonyl (C=O) groups excluding carboxylic acids is 2. The van der Waals surface area contributed by atoms with E-state index in [1.54, 1.807) is 6.92 Å². The van der Waals surface area contributed by atoms with Crippen LogP contribution in [0.1, 0.15) is 91.3 Å². The van der Waals surface area contributed by atoms with Crippen molar-refractivity contribution in [1.29, 1.82) is 0 Å². The summed E-state index contributed by atoms with van der Waals surface area (Å²) in [6.45, 7) is 17.8. The second-order valence-corrected chi connectivity index (χ2v) is 10.9. The summed E-state index contributed by atoms with van der Waals surface area (Å²) in [7, 11) is 0. The number of esters is 1. The third-order valence-electron chi connectivity index (χ3n) is 7.14. The van der Waals surface area contributed by atoms with Crippen LogP contribution in [0.15, 0.2) is 24.3 Å². The van der Waals surface area contributed by atoms with E-state index in [1.165, 1.54) is 18.6 Å². The second-order valence-electron chi connectivity index (χ2n) is 10.5. The molecule has 0 radical (unpaired) electrons. The minimum absolute atomic E-state index is 0.000809. The number of carbonyl (C=O) groups is 2. The monoisotopic (exact) mass is 517 g/mol. The van der Waals surface area contributed by atoms with E-state index >= 15 is 0 Å². The molecule has 2 aromatic carbocycles. The third-order valence-corrected chi connectivity index (χ3v) is 7.60. The lowest BCUT2D eigenvalue weighted by molar-refractivity contribution is -0.131. The molecule has 36 heavy (non-hydrogen) atoms. The van der Waals surface area contributed by atoms with E-state index in [0.29, 0.717) is 17.7 Å². The minimum Gasteiger partial charge on any atom is -0.504 e. The molecule has 0 aliphatic carbocycles. The highest BCUT2D eigenvalue weighted by atomic mass is 35.5. The molecule has 1 atom stereocenters. The number of hydrogen-bond acceptors (Lipinski definition) is 5. The molecule has 0 bridgehead atoms. The first-order valence-corrected chi connectivity index (χ1v) is 12.9. The number of nitrogens with one attached hydrogen (secondary N) is 1. The fraction of sp³-hybridized carbons (Fsp3) is 0.517. The predicted molar refractivity (Wildman–Crippen MR) is 146 cm³/mol. The first-order valence-electron chi connectivity index (χ1n) is 12.5. The molecule has 0 spiro atoms. The highest BCUT2D eigenvalue weighted by Gasteiger charge is 2.29. The van der Waals surface area contributed by atoms with E-state index in [1.807, 2.05) is 13.0 Å². The van der Waals surface area contributed by atoms with Crippen LogP contribution in [0.25, 0.3) is 0 Å². The lowest BCUT2D eigenvalue weighted by atomic mass is 9.76. The number of ether oxygens (including phenoxy) is 2. The van der Waals surface area contributed by atoms with Crippen molar-refractivity contribution in [3.63, 3.8) is 0 Å². The van der Waals surface area contributed by atoms with E-state index in [0.717, 1.165) is 18.4 Å². The van der Waals surface area contributed by atoms with Crippen molar-refractivity contribution < 1.29 is 24.2 Å². The molecule has 0 saturated heterocycles. The number of halogens is 1. The zero-order chi connectivity index (χ0) is 27.4. The highest BCUT2D eigenvalue weighted by molar-refractivity contribution is 6.33. The molecule has 0 saturated carbocycles. The van der Waals surface area contributed by atoms with E-state index in [-0.39, 0.29) is 33.0 Å². The van der Waals surface area contributed by atoms with Gasteiger partial charge in [-0.3, -0.25) is 9.59 Å². The normalized spacial score (nSPS) is 12.7. The van der Waals surface area contributed by atoms with Crippen molar-refractivity contribution in [3.8, 4) is 17.2 Å². The van der Waals surface area contributed by atoms with Crippen LogP contribution in [-0.4, -0.2) is 23.1 Å². The second kappa shape index (κ2) is 11.5. The summed E-state index contributed by atoms with van der Waals surface area (Å²) in [5.74, 6) is -0.457. The van der Waals surface area contributed by atoms with E-state index in [4.69, 9.17) is 21.1 Å². The van der Waals surface area contributed by atoms with Gasteiger partial charge in [-0.05, 0) is 48.6 Å². The maximum Gasteiger partial charge on any atom is 0.308 e. The van der Waals surface area contributed by atoms with Crippen molar-refractivity contribution in [1.82, 2.24) is 0 Å². The molecule has 2 rings (SSSR count). The summed E-state index contributed by atoms with van der Waals surface area (Å²) in [6, 6.07) is 7.60. The standard InChI is InChI=1S/C29H40ClNO5/c1-10-22(27(34)31-21-16-24(35-18(5)32)17(4)25(30)26(21)33)36-23-14-13-19(28(6,7)11-2)15-20(23)29(8,9)12-3/h13-16,22,33H,10-12H2,1-9H3,(H,31,34). The summed E-state index contributed by atoms with van der Waals surface area (Å²) in [4.78, 5) is 24.7. The molecule has 0 fully saturated rings. The van der Waals surface area contributed by atoms with E-state index in [9.17, 15) is 14.7 Å². The van der Waals surface area contributed by atoms with Gasteiger partial charge in [-0.2, -0.15) is 0 Å². The van der Waals surface area contributed by atoms with Crippen LogP contribution >= 0.6 is 11.6 Å². The van der Waals surface area contributed by atoms with Crippen molar-refractivity contribution in [3.05, 3.63) is 46.0 Å². The number of benzene rings is 2. The van der Waals surface area contributed by atoms with Gasteiger partial charge in [-0.1, -0.05) is 72.2 Å². The van der Waals surface area contributed by atoms with Crippen molar-refractivity contribution >= 4 is 29.2 Å². The third kappa shape index (κ3) is 6.52. The molecule has 2 N–H and O–H groups in total. The molecule has 1 amide bonds. The van der Waals surface area contributed by atoms with Crippen LogP contribution in [0.5, 0.6) is 17.2 Å². The Hall–Kier alpha value is -2.73. The Labute approximate surface area is 220 Å². The maximum atomic E-state index is 13.2. The molecule has 0 aliphatic heterocycles. The molecule has 1 unspecified atom stereocenters. The Balaban J connectivity index is 2.42. The van der Waals surface area contributed by atoms with Crippen molar-refractivity contribution in [2.75, 3.05) is 5.32 Å². The lowest BCUT2D eigenvalue weighted by Gasteiger charge is -2.31. The molecular formula is C29H40ClNO5. The molecule has 2 aromatic rings. The van der Waals surface area contributed by atoms with E-state index in [2.05, 4.69) is 59.0 Å². The lowest BCUT2D eigenvalue weighted by Crippen LogP contribution is -2.33. The van der Waals surface area contributed by atoms with Crippen LogP contribution in [0.2, 0.25) is 5.02 Å². The largest absolute Gasteiger partial charge is 0.504 e. The Bertz CT molecular complexity index is 1120. The number of hydrogen-bond donors (Lipinski definition) is 2. The average Bonchev–Trinajstić information content (AvgIpc) is 2.83. The van der Waals surface area contributed by atoms with Gasteiger partial charge in [0.05, 0.1) is 10.7 Å². The fourth-order valence-electron chi connectivity index (χ4n) is 3.73. The zero-order valence-corrected chi connectivity index (χ0v) is 23.7. The van der Waals surface area contributed by atoms with Gasteiger partial charge in [-0.15, -0.1) is 0 Å². The molecule has 0 aliphatic rings. The summed E-state index contributed by atoms with van der Waals surface area (Å²) in [6.07, 6.45) is 1.48. The number of rotatable bonds is 10. The van der Waals surface area contributed by atoms with Crippen molar-refractivity contribution in [2.45, 2.75) is 98.5 Å². The van der Waals surface area contributed by atoms with Gasteiger partial charge >= 0.3 is 5.97 Å². The van der Waals surface area contributed by atoms with Crippen LogP contribution < -0.4 is 14.8 Å². The molecule has 0 heterocycles. The summed E-state index contributed by atoms with van der Waals surface area (Å²) in [5, 5.41) is 13.2. The fourth-order valence-corrected chi connectivity index (χ4v) is 3.93. The van der Waals surface area contributed by atoms with Crippen LogP contribution in [0.4, 0.5) is 5.69 Å². The number of amides is 1. The number of anilines is 1. The minimum atomic E-state index is -0.821. The van der Waals surface area contributed by atoms with Crippen LogP contribution in [0.3, 0.4) is 0 Å². The van der Waals surface area contributed by atoms with Gasteiger partial charge in [0, 0.05) is 24.1 Å². The summed E-state index contributed by atoms with van der Waals surface area (Å²) >= 11 is 6.22. The van der Waals surface area contributed by atoms with Gasteiger partial charge in [0.15, 0.2) is 11.9 Å². The Morgan fingerprint density at radius 1 is 1.03 bits per heavy atom. The topological polar surface area (TPSA) is 84.9 Å². The first kappa shape index (κ1) is 29.5. The van der Waals surface area contributed by atoms with Gasteiger partial charge in [0.2, 0.25) is 0 Å². The molecule has 198 valence electrons. The SMILES string of the molecule is CCC(Oc1ccc(C(C)(C)CC)cc1C(C)(C)CC)C(=O)Nc1cc(OC(C)=O)c(C)c(Cl)c1O. The number of phenolic OH excluding ortho intramolecular Hbond substituents is 1. The van der Waals surface area contributed by atoms with Crippen LogP contribution in [-0.2, 0) is 20.4 Å². The zero-order valence-electron chi connectivity index (χ0n) is 23.0. The number of aromatic hydroxyl groups is 1. The summed E-state index contributed by atoms with van der Waals surface area (Å²) in [5.41, 5.74) is 2.57. The van der Waals surface area contributed by atoms with Gasteiger partial charge in [0.1, 0.15) is 11.5 Å².